The number of ether oxygens (including phenoxy) is 1. The molecule has 1 aromatic carbocycles. The lowest BCUT2D eigenvalue weighted by atomic mass is 10.1. The van der Waals surface area contributed by atoms with Crippen LogP contribution in [0.15, 0.2) is 24.3 Å². The average molecular weight is 261 g/mol. The Labute approximate surface area is 105 Å². The van der Waals surface area contributed by atoms with E-state index in [1.54, 1.807) is 6.07 Å². The van der Waals surface area contributed by atoms with E-state index in [0.29, 0.717) is 13.2 Å². The highest BCUT2D eigenvalue weighted by Crippen LogP contribution is 2.34. The van der Waals surface area contributed by atoms with Gasteiger partial charge in [-0.05, 0) is 32.9 Å². The Morgan fingerprint density at radius 2 is 1.72 bits per heavy atom. The van der Waals surface area contributed by atoms with Gasteiger partial charge in [0.25, 0.3) is 0 Å². The van der Waals surface area contributed by atoms with Crippen LogP contribution in [0.1, 0.15) is 26.3 Å². The molecule has 2 nitrogen and oxygen atoms in total. The molecule has 1 aromatic rings. The van der Waals surface area contributed by atoms with Crippen molar-refractivity contribution in [2.45, 2.75) is 32.5 Å². The standard InChI is InChI=1S/C13H18F3NO/c1-12(2,3)18-9-8-17-11-7-5-4-6-10(11)13(14,15)16/h4-7,17H,8-9H2,1-3H3. The van der Waals surface area contributed by atoms with E-state index in [1.165, 1.54) is 12.1 Å². The van der Waals surface area contributed by atoms with Gasteiger partial charge < -0.3 is 10.1 Å². The molecule has 102 valence electrons. The van der Waals surface area contributed by atoms with E-state index in [-0.39, 0.29) is 11.3 Å². The first kappa shape index (κ1) is 14.8. The fourth-order valence-corrected chi connectivity index (χ4v) is 1.43. The summed E-state index contributed by atoms with van der Waals surface area (Å²) in [6, 6.07) is 5.43. The van der Waals surface area contributed by atoms with Crippen LogP contribution in [0.5, 0.6) is 0 Å². The van der Waals surface area contributed by atoms with E-state index in [4.69, 9.17) is 4.74 Å². The third-order valence-electron chi connectivity index (χ3n) is 2.19. The summed E-state index contributed by atoms with van der Waals surface area (Å²) in [7, 11) is 0. The number of anilines is 1. The van der Waals surface area contributed by atoms with Crippen LogP contribution in [-0.4, -0.2) is 18.8 Å². The van der Waals surface area contributed by atoms with Crippen molar-refractivity contribution in [3.63, 3.8) is 0 Å². The lowest BCUT2D eigenvalue weighted by Crippen LogP contribution is -2.23. The van der Waals surface area contributed by atoms with Crippen LogP contribution in [0, 0.1) is 0 Å². The molecular formula is C13H18F3NO. The molecule has 0 aliphatic heterocycles. The summed E-state index contributed by atoms with van der Waals surface area (Å²) in [6.45, 7) is 6.39. The van der Waals surface area contributed by atoms with Crippen molar-refractivity contribution in [1.82, 2.24) is 0 Å². The third kappa shape index (κ3) is 4.96. The number of rotatable bonds is 4. The molecule has 0 spiro atoms. The van der Waals surface area contributed by atoms with Crippen LogP contribution in [0.2, 0.25) is 0 Å². The number of nitrogens with one attached hydrogen (secondary N) is 1. The van der Waals surface area contributed by atoms with Gasteiger partial charge in [-0.15, -0.1) is 0 Å². The van der Waals surface area contributed by atoms with Crippen molar-refractivity contribution >= 4 is 5.69 Å². The second-order valence-corrected chi connectivity index (χ2v) is 4.93. The zero-order chi connectivity index (χ0) is 13.8. The minimum absolute atomic E-state index is 0.0857. The van der Waals surface area contributed by atoms with Crippen LogP contribution < -0.4 is 5.32 Å². The van der Waals surface area contributed by atoms with Gasteiger partial charge in [0, 0.05) is 12.2 Å². The highest BCUT2D eigenvalue weighted by atomic mass is 19.4. The summed E-state index contributed by atoms with van der Waals surface area (Å²) in [6.07, 6.45) is -4.34. The highest BCUT2D eigenvalue weighted by molar-refractivity contribution is 5.52. The highest BCUT2D eigenvalue weighted by Gasteiger charge is 2.32. The van der Waals surface area contributed by atoms with E-state index in [0.717, 1.165) is 6.07 Å². The SMILES string of the molecule is CC(C)(C)OCCNc1ccccc1C(F)(F)F. The first-order valence-corrected chi connectivity index (χ1v) is 5.74. The number of halogens is 3. The van der Waals surface area contributed by atoms with Crippen molar-refractivity contribution < 1.29 is 17.9 Å². The number of hydrogen-bond donors (Lipinski definition) is 1. The Bertz CT molecular complexity index is 383. The lowest BCUT2D eigenvalue weighted by molar-refractivity contribution is -0.137. The van der Waals surface area contributed by atoms with Crippen LogP contribution in [0.4, 0.5) is 18.9 Å². The number of hydrogen-bond acceptors (Lipinski definition) is 2. The quantitative estimate of drug-likeness (QED) is 0.829. The molecule has 0 fully saturated rings. The number of benzene rings is 1. The predicted molar refractivity (Wildman–Crippen MR) is 65.6 cm³/mol. The van der Waals surface area contributed by atoms with Crippen molar-refractivity contribution in [2.75, 3.05) is 18.5 Å². The second kappa shape index (κ2) is 5.61. The molecule has 0 unspecified atom stereocenters. The number of alkyl halides is 3. The lowest BCUT2D eigenvalue weighted by Gasteiger charge is -2.20. The molecule has 0 saturated carbocycles. The molecule has 0 atom stereocenters. The van der Waals surface area contributed by atoms with E-state index in [1.807, 2.05) is 20.8 Å². The van der Waals surface area contributed by atoms with Gasteiger partial charge in [0.05, 0.1) is 17.8 Å². The Balaban J connectivity index is 2.58. The summed E-state index contributed by atoms with van der Waals surface area (Å²) in [5.74, 6) is 0. The summed E-state index contributed by atoms with van der Waals surface area (Å²) < 4.78 is 43.5. The van der Waals surface area contributed by atoms with Crippen LogP contribution in [-0.2, 0) is 10.9 Å². The topological polar surface area (TPSA) is 21.3 Å². The van der Waals surface area contributed by atoms with Gasteiger partial charge in [-0.3, -0.25) is 0 Å². The smallest absolute Gasteiger partial charge is 0.382 e. The molecule has 0 saturated heterocycles. The Hall–Kier alpha value is -1.23. The zero-order valence-electron chi connectivity index (χ0n) is 10.8. The molecule has 0 heterocycles. The maximum Gasteiger partial charge on any atom is 0.418 e. The Kier molecular flexibility index (Phi) is 4.62. The van der Waals surface area contributed by atoms with E-state index in [2.05, 4.69) is 5.32 Å². The normalized spacial score (nSPS) is 12.6. The summed E-state index contributed by atoms with van der Waals surface area (Å²) in [5.41, 5.74) is -0.853. The van der Waals surface area contributed by atoms with Crippen molar-refractivity contribution in [2.24, 2.45) is 0 Å². The van der Waals surface area contributed by atoms with Gasteiger partial charge in [-0.1, -0.05) is 12.1 Å². The first-order valence-electron chi connectivity index (χ1n) is 5.74. The third-order valence-corrected chi connectivity index (χ3v) is 2.19. The average Bonchev–Trinajstić information content (AvgIpc) is 2.22. The molecular weight excluding hydrogens is 243 g/mol. The molecule has 18 heavy (non-hydrogen) atoms. The van der Waals surface area contributed by atoms with Crippen LogP contribution in [0.25, 0.3) is 0 Å². The van der Waals surface area contributed by atoms with E-state index < -0.39 is 11.7 Å². The molecule has 0 aromatic heterocycles. The molecule has 5 heteroatoms. The maximum absolute atomic E-state index is 12.7. The first-order chi connectivity index (χ1) is 8.20. The minimum Gasteiger partial charge on any atom is -0.382 e. The fourth-order valence-electron chi connectivity index (χ4n) is 1.43. The van der Waals surface area contributed by atoms with Gasteiger partial charge in [0.1, 0.15) is 0 Å². The molecule has 0 aliphatic carbocycles. The van der Waals surface area contributed by atoms with E-state index >= 15 is 0 Å². The van der Waals surface area contributed by atoms with Crippen molar-refractivity contribution in [1.29, 1.82) is 0 Å². The van der Waals surface area contributed by atoms with Crippen LogP contribution in [0.3, 0.4) is 0 Å². The summed E-state index contributed by atoms with van der Waals surface area (Å²) in [5, 5.41) is 2.75. The monoisotopic (exact) mass is 261 g/mol. The van der Waals surface area contributed by atoms with Gasteiger partial charge in [0.2, 0.25) is 0 Å². The molecule has 1 rings (SSSR count). The van der Waals surface area contributed by atoms with Crippen LogP contribution >= 0.6 is 0 Å². The van der Waals surface area contributed by atoms with Gasteiger partial charge in [-0.2, -0.15) is 13.2 Å². The predicted octanol–water partition coefficient (Wildman–Crippen LogP) is 3.93. The fraction of sp³-hybridized carbons (Fsp3) is 0.538. The number of para-hydroxylation sites is 1. The second-order valence-electron chi connectivity index (χ2n) is 4.93. The van der Waals surface area contributed by atoms with Crippen molar-refractivity contribution in [3.8, 4) is 0 Å². The zero-order valence-corrected chi connectivity index (χ0v) is 10.8. The maximum atomic E-state index is 12.7. The molecule has 0 aliphatic rings. The largest absolute Gasteiger partial charge is 0.418 e. The van der Waals surface area contributed by atoms with Gasteiger partial charge in [-0.25, -0.2) is 0 Å². The Morgan fingerprint density at radius 3 is 2.28 bits per heavy atom. The Morgan fingerprint density at radius 1 is 1.11 bits per heavy atom. The molecule has 1 N–H and O–H groups in total. The molecule has 0 radical (unpaired) electrons. The van der Waals surface area contributed by atoms with Gasteiger partial charge in [0.15, 0.2) is 0 Å². The van der Waals surface area contributed by atoms with Crippen molar-refractivity contribution in [3.05, 3.63) is 29.8 Å². The summed E-state index contributed by atoms with van der Waals surface area (Å²) >= 11 is 0. The summed E-state index contributed by atoms with van der Waals surface area (Å²) in [4.78, 5) is 0. The minimum atomic E-state index is -4.34. The van der Waals surface area contributed by atoms with E-state index in [9.17, 15) is 13.2 Å². The van der Waals surface area contributed by atoms with Gasteiger partial charge >= 0.3 is 6.18 Å². The molecule has 0 amide bonds. The molecule has 0 bridgehead atoms.